The maximum Gasteiger partial charge on any atom is 0.247 e. The van der Waals surface area contributed by atoms with Crippen LogP contribution in [0.1, 0.15) is 49.1 Å². The van der Waals surface area contributed by atoms with Crippen LogP contribution >= 0.6 is 0 Å². The molecule has 0 unspecified atom stereocenters. The van der Waals surface area contributed by atoms with E-state index in [2.05, 4.69) is 20.5 Å². The molecular weight excluding hydrogens is 380 g/mol. The van der Waals surface area contributed by atoms with Crippen molar-refractivity contribution in [3.05, 3.63) is 59.6 Å². The standard InChI is InChI=1S/C23H26N4O3/c1-16-8-10-17(11-9-16)23-27-26-21(30-23)13-12-20(28)25-15-18-5-4-14-24-22(18)29-19-6-2-3-7-19/h4-5,8-11,14,19H,2-3,6-7,12-13,15H2,1H3,(H,25,28). The maximum absolute atomic E-state index is 12.3. The van der Waals surface area contributed by atoms with Crippen LogP contribution in [-0.4, -0.2) is 27.2 Å². The Kier molecular flexibility index (Phi) is 6.37. The number of hydrogen-bond acceptors (Lipinski definition) is 6. The fraction of sp³-hybridized carbons (Fsp3) is 0.391. The smallest absolute Gasteiger partial charge is 0.247 e. The summed E-state index contributed by atoms with van der Waals surface area (Å²) in [6.07, 6.45) is 7.15. The van der Waals surface area contributed by atoms with Crippen molar-refractivity contribution in [2.24, 2.45) is 0 Å². The third kappa shape index (κ3) is 5.23. The van der Waals surface area contributed by atoms with E-state index in [4.69, 9.17) is 9.15 Å². The number of amides is 1. The van der Waals surface area contributed by atoms with Crippen molar-refractivity contribution in [2.75, 3.05) is 0 Å². The molecule has 156 valence electrons. The number of ether oxygens (including phenoxy) is 1. The summed E-state index contributed by atoms with van der Waals surface area (Å²) < 4.78 is 11.7. The van der Waals surface area contributed by atoms with Gasteiger partial charge in [-0.2, -0.15) is 0 Å². The molecule has 1 aliphatic carbocycles. The van der Waals surface area contributed by atoms with E-state index in [0.29, 0.717) is 30.6 Å². The molecule has 30 heavy (non-hydrogen) atoms. The molecule has 1 aliphatic rings. The van der Waals surface area contributed by atoms with Crippen LogP contribution in [0.2, 0.25) is 0 Å². The molecule has 7 nitrogen and oxygen atoms in total. The molecule has 1 N–H and O–H groups in total. The van der Waals surface area contributed by atoms with Gasteiger partial charge in [0.15, 0.2) is 0 Å². The minimum Gasteiger partial charge on any atom is -0.474 e. The Labute approximate surface area is 175 Å². The molecule has 0 aliphatic heterocycles. The van der Waals surface area contributed by atoms with E-state index in [9.17, 15) is 4.79 Å². The molecule has 1 amide bonds. The third-order valence-electron chi connectivity index (χ3n) is 5.24. The molecule has 0 saturated heterocycles. The van der Waals surface area contributed by atoms with Crippen molar-refractivity contribution in [3.63, 3.8) is 0 Å². The second kappa shape index (κ2) is 9.52. The van der Waals surface area contributed by atoms with Crippen LogP contribution in [0.25, 0.3) is 11.5 Å². The molecule has 3 aromatic rings. The van der Waals surface area contributed by atoms with Crippen LogP contribution < -0.4 is 10.1 Å². The number of aromatic nitrogens is 3. The van der Waals surface area contributed by atoms with Gasteiger partial charge in [0.1, 0.15) is 6.10 Å². The lowest BCUT2D eigenvalue weighted by molar-refractivity contribution is -0.121. The Morgan fingerprint density at radius 3 is 2.77 bits per heavy atom. The Hall–Kier alpha value is -3.22. The molecule has 4 rings (SSSR count). The lowest BCUT2D eigenvalue weighted by Gasteiger charge is -2.15. The number of carbonyl (C=O) groups is 1. The second-order valence-electron chi connectivity index (χ2n) is 7.64. The van der Waals surface area contributed by atoms with Crippen LogP contribution in [0.15, 0.2) is 47.0 Å². The van der Waals surface area contributed by atoms with E-state index < -0.39 is 0 Å². The normalized spacial score (nSPS) is 14.0. The molecule has 1 aromatic carbocycles. The first-order chi connectivity index (χ1) is 14.7. The number of carbonyl (C=O) groups excluding carboxylic acids is 1. The number of aryl methyl sites for hydroxylation is 2. The monoisotopic (exact) mass is 406 g/mol. The molecule has 0 radical (unpaired) electrons. The Morgan fingerprint density at radius 1 is 1.17 bits per heavy atom. The van der Waals surface area contributed by atoms with Gasteiger partial charge >= 0.3 is 0 Å². The number of nitrogens with zero attached hydrogens (tertiary/aromatic N) is 3. The first-order valence-corrected chi connectivity index (χ1v) is 10.4. The summed E-state index contributed by atoms with van der Waals surface area (Å²) in [6.45, 7) is 2.41. The van der Waals surface area contributed by atoms with Crippen molar-refractivity contribution in [1.29, 1.82) is 0 Å². The van der Waals surface area contributed by atoms with E-state index in [1.807, 2.05) is 43.3 Å². The number of benzene rings is 1. The van der Waals surface area contributed by atoms with Gasteiger partial charge in [0, 0.05) is 36.7 Å². The van der Waals surface area contributed by atoms with Crippen LogP contribution in [0, 0.1) is 6.92 Å². The predicted molar refractivity (Wildman–Crippen MR) is 112 cm³/mol. The summed E-state index contributed by atoms with van der Waals surface area (Å²) in [4.78, 5) is 16.6. The van der Waals surface area contributed by atoms with Gasteiger partial charge in [0.25, 0.3) is 0 Å². The molecule has 0 bridgehead atoms. The Morgan fingerprint density at radius 2 is 1.97 bits per heavy atom. The lowest BCUT2D eigenvalue weighted by Crippen LogP contribution is -2.24. The highest BCUT2D eigenvalue weighted by atomic mass is 16.5. The second-order valence-corrected chi connectivity index (χ2v) is 7.64. The predicted octanol–water partition coefficient (Wildman–Crippen LogP) is 4.01. The number of nitrogens with one attached hydrogen (secondary N) is 1. The van der Waals surface area contributed by atoms with Gasteiger partial charge in [-0.3, -0.25) is 4.79 Å². The van der Waals surface area contributed by atoms with Gasteiger partial charge in [0.2, 0.25) is 23.6 Å². The number of rotatable bonds is 8. The molecule has 0 spiro atoms. The summed E-state index contributed by atoms with van der Waals surface area (Å²) in [7, 11) is 0. The van der Waals surface area contributed by atoms with E-state index in [1.165, 1.54) is 18.4 Å². The zero-order valence-electron chi connectivity index (χ0n) is 17.1. The molecule has 1 fully saturated rings. The highest BCUT2D eigenvalue weighted by Gasteiger charge is 2.19. The van der Waals surface area contributed by atoms with Gasteiger partial charge in [0.05, 0.1) is 0 Å². The summed E-state index contributed by atoms with van der Waals surface area (Å²) in [5, 5.41) is 11.1. The minimum absolute atomic E-state index is 0.0826. The summed E-state index contributed by atoms with van der Waals surface area (Å²) in [5.74, 6) is 1.45. The lowest BCUT2D eigenvalue weighted by atomic mass is 10.1. The SMILES string of the molecule is Cc1ccc(-c2nnc(CCC(=O)NCc3cccnc3OC3CCCC3)o2)cc1. The zero-order chi connectivity index (χ0) is 20.8. The van der Waals surface area contributed by atoms with E-state index in [-0.39, 0.29) is 18.4 Å². The fourth-order valence-electron chi connectivity index (χ4n) is 3.50. The number of hydrogen-bond donors (Lipinski definition) is 1. The van der Waals surface area contributed by atoms with Crippen molar-refractivity contribution in [2.45, 2.75) is 58.1 Å². The van der Waals surface area contributed by atoms with Crippen molar-refractivity contribution in [3.8, 4) is 17.3 Å². The third-order valence-corrected chi connectivity index (χ3v) is 5.24. The van der Waals surface area contributed by atoms with Crippen LogP contribution in [0.5, 0.6) is 5.88 Å². The molecule has 2 aromatic heterocycles. The van der Waals surface area contributed by atoms with Gasteiger partial charge in [-0.1, -0.05) is 23.8 Å². The average Bonchev–Trinajstić information content (AvgIpc) is 3.44. The van der Waals surface area contributed by atoms with Gasteiger partial charge in [-0.05, 0) is 50.8 Å². The van der Waals surface area contributed by atoms with Gasteiger partial charge in [-0.25, -0.2) is 4.98 Å². The molecular formula is C23H26N4O3. The Bertz CT molecular complexity index is 978. The van der Waals surface area contributed by atoms with E-state index >= 15 is 0 Å². The zero-order valence-corrected chi connectivity index (χ0v) is 17.1. The highest BCUT2D eigenvalue weighted by molar-refractivity contribution is 5.76. The number of pyridine rings is 1. The van der Waals surface area contributed by atoms with Crippen molar-refractivity contribution < 1.29 is 13.9 Å². The molecule has 2 heterocycles. The average molecular weight is 406 g/mol. The first-order valence-electron chi connectivity index (χ1n) is 10.4. The van der Waals surface area contributed by atoms with E-state index in [1.54, 1.807) is 6.20 Å². The summed E-state index contributed by atoms with van der Waals surface area (Å²) in [6, 6.07) is 11.7. The van der Waals surface area contributed by atoms with Gasteiger partial charge < -0.3 is 14.5 Å². The largest absolute Gasteiger partial charge is 0.474 e. The molecule has 7 heteroatoms. The summed E-state index contributed by atoms with van der Waals surface area (Å²) >= 11 is 0. The van der Waals surface area contributed by atoms with E-state index in [0.717, 1.165) is 24.0 Å². The summed E-state index contributed by atoms with van der Waals surface area (Å²) in [5.41, 5.74) is 2.92. The highest BCUT2D eigenvalue weighted by Crippen LogP contribution is 2.25. The van der Waals surface area contributed by atoms with Crippen LogP contribution in [0.3, 0.4) is 0 Å². The Balaban J connectivity index is 1.27. The van der Waals surface area contributed by atoms with Crippen LogP contribution in [0.4, 0.5) is 0 Å². The topological polar surface area (TPSA) is 90.1 Å². The van der Waals surface area contributed by atoms with Crippen molar-refractivity contribution >= 4 is 5.91 Å². The quantitative estimate of drug-likeness (QED) is 0.608. The first kappa shape index (κ1) is 20.1. The maximum atomic E-state index is 12.3. The van der Waals surface area contributed by atoms with Crippen molar-refractivity contribution in [1.82, 2.24) is 20.5 Å². The molecule has 0 atom stereocenters. The minimum atomic E-state index is -0.0826. The fourth-order valence-corrected chi connectivity index (χ4v) is 3.50. The van der Waals surface area contributed by atoms with Gasteiger partial charge in [-0.15, -0.1) is 10.2 Å². The molecule has 1 saturated carbocycles. The van der Waals surface area contributed by atoms with Crippen LogP contribution in [-0.2, 0) is 17.8 Å².